The molecule has 1 saturated heterocycles. The molecule has 7 heteroatoms. The zero-order valence-electron chi connectivity index (χ0n) is 19.3. The molecule has 3 aromatic rings. The Bertz CT molecular complexity index is 1480. The van der Waals surface area contributed by atoms with Crippen LogP contribution in [0.4, 0.5) is 5.69 Å². The summed E-state index contributed by atoms with van der Waals surface area (Å²) in [6.45, 7) is 4.06. The minimum atomic E-state index is -1.02. The van der Waals surface area contributed by atoms with Crippen LogP contribution < -0.4 is 4.90 Å². The maximum Gasteiger partial charge on any atom is 0.336 e. The van der Waals surface area contributed by atoms with Gasteiger partial charge in [0.25, 0.3) is 0 Å². The number of pyridine rings is 1. The van der Waals surface area contributed by atoms with Gasteiger partial charge >= 0.3 is 5.97 Å². The summed E-state index contributed by atoms with van der Waals surface area (Å²) in [5, 5.41) is 10.5. The average Bonchev–Trinajstić information content (AvgIpc) is 3.48. The molecular formula is C28H23BrN2O4. The number of nitrogens with zero attached hydrogens (tertiary/aromatic N) is 2. The van der Waals surface area contributed by atoms with E-state index in [1.807, 2.05) is 13.0 Å². The third kappa shape index (κ3) is 3.21. The van der Waals surface area contributed by atoms with Gasteiger partial charge in [-0.25, -0.2) is 9.78 Å². The zero-order chi connectivity index (χ0) is 24.6. The molecule has 1 saturated carbocycles. The Labute approximate surface area is 210 Å². The zero-order valence-corrected chi connectivity index (χ0v) is 20.9. The fourth-order valence-corrected chi connectivity index (χ4v) is 6.77. The molecule has 1 aliphatic heterocycles. The summed E-state index contributed by atoms with van der Waals surface area (Å²) in [7, 11) is 0. The molecule has 0 spiro atoms. The molecule has 176 valence electrons. The van der Waals surface area contributed by atoms with Crippen molar-refractivity contribution in [2.45, 2.75) is 26.7 Å². The fourth-order valence-electron chi connectivity index (χ4n) is 6.26. The van der Waals surface area contributed by atoms with Gasteiger partial charge in [0.1, 0.15) is 0 Å². The SMILES string of the molecule is CCc1cc(Br)cc2c(C(=O)O)cc(-c3ccc(N4C(=O)C5C6C=C(C)C(C6)C5C4=O)cc3)nc12. The van der Waals surface area contributed by atoms with Crippen LogP contribution in [0.2, 0.25) is 0 Å². The second-order valence-electron chi connectivity index (χ2n) is 9.70. The van der Waals surface area contributed by atoms with Gasteiger partial charge in [-0.05, 0) is 67.5 Å². The summed E-state index contributed by atoms with van der Waals surface area (Å²) in [5.41, 5.74) is 4.82. The molecule has 0 radical (unpaired) electrons. The molecular weight excluding hydrogens is 508 g/mol. The molecule has 2 aliphatic carbocycles. The van der Waals surface area contributed by atoms with E-state index in [4.69, 9.17) is 4.98 Å². The van der Waals surface area contributed by atoms with Crippen LogP contribution in [0.1, 0.15) is 36.2 Å². The molecule has 6 nitrogen and oxygen atoms in total. The number of aromatic carboxylic acids is 1. The number of anilines is 1. The van der Waals surface area contributed by atoms with Gasteiger partial charge in [-0.3, -0.25) is 14.5 Å². The molecule has 2 heterocycles. The number of halogens is 1. The predicted molar refractivity (Wildman–Crippen MR) is 136 cm³/mol. The van der Waals surface area contributed by atoms with Gasteiger partial charge in [-0.2, -0.15) is 0 Å². The summed E-state index contributed by atoms with van der Waals surface area (Å²) in [5.74, 6) is -1.40. The van der Waals surface area contributed by atoms with Crippen LogP contribution in [0.25, 0.3) is 22.2 Å². The van der Waals surface area contributed by atoms with Gasteiger partial charge in [-0.1, -0.05) is 46.6 Å². The van der Waals surface area contributed by atoms with E-state index >= 15 is 0 Å². The first-order valence-electron chi connectivity index (χ1n) is 11.8. The lowest BCUT2D eigenvalue weighted by Crippen LogP contribution is -2.32. The van der Waals surface area contributed by atoms with E-state index in [-0.39, 0.29) is 41.0 Å². The average molecular weight is 531 g/mol. The molecule has 1 aromatic heterocycles. The van der Waals surface area contributed by atoms with Crippen molar-refractivity contribution in [3.63, 3.8) is 0 Å². The first kappa shape index (κ1) is 22.2. The van der Waals surface area contributed by atoms with Crippen molar-refractivity contribution in [2.24, 2.45) is 23.7 Å². The molecule has 35 heavy (non-hydrogen) atoms. The van der Waals surface area contributed by atoms with E-state index in [2.05, 4.69) is 28.9 Å². The Morgan fingerprint density at radius 2 is 1.83 bits per heavy atom. The molecule has 2 fully saturated rings. The minimum Gasteiger partial charge on any atom is -0.478 e. The Kier molecular flexibility index (Phi) is 4.97. The van der Waals surface area contributed by atoms with E-state index in [1.165, 1.54) is 10.5 Å². The number of carboxylic acid groups (broad SMARTS) is 1. The lowest BCUT2D eigenvalue weighted by Gasteiger charge is -2.19. The standard InChI is InChI=1S/C28H23BrN2O4/c1-3-14-9-17(29)11-20-21(28(34)35)12-22(30-25(14)20)15-4-6-18(7-5-15)31-26(32)23-16-8-13(2)19(10-16)24(23)27(31)33/h4-9,11-12,16,19,23-24H,3,10H2,1-2H3,(H,34,35). The van der Waals surface area contributed by atoms with Gasteiger partial charge < -0.3 is 5.11 Å². The van der Waals surface area contributed by atoms with E-state index in [1.54, 1.807) is 36.4 Å². The molecule has 1 N–H and O–H groups in total. The summed E-state index contributed by atoms with van der Waals surface area (Å²) >= 11 is 3.47. The van der Waals surface area contributed by atoms with Crippen molar-refractivity contribution in [2.75, 3.05) is 4.90 Å². The van der Waals surface area contributed by atoms with Crippen LogP contribution in [-0.2, 0) is 16.0 Å². The number of benzene rings is 2. The number of amides is 2. The van der Waals surface area contributed by atoms with E-state index in [0.29, 0.717) is 28.7 Å². The smallest absolute Gasteiger partial charge is 0.336 e. The minimum absolute atomic E-state index is 0.108. The van der Waals surface area contributed by atoms with Crippen LogP contribution in [0.15, 0.2) is 58.6 Å². The van der Waals surface area contributed by atoms with Gasteiger partial charge in [0, 0.05) is 15.4 Å². The van der Waals surface area contributed by atoms with Crippen molar-refractivity contribution in [1.29, 1.82) is 0 Å². The largest absolute Gasteiger partial charge is 0.478 e. The topological polar surface area (TPSA) is 87.6 Å². The van der Waals surface area contributed by atoms with Crippen molar-refractivity contribution in [3.05, 3.63) is 69.7 Å². The quantitative estimate of drug-likeness (QED) is 0.349. The number of allylic oxidation sites excluding steroid dienone is 2. The number of imide groups is 1. The van der Waals surface area contributed by atoms with Gasteiger partial charge in [0.2, 0.25) is 11.8 Å². The number of aromatic nitrogens is 1. The summed E-state index contributed by atoms with van der Waals surface area (Å²) in [4.78, 5) is 44.7. The highest BCUT2D eigenvalue weighted by atomic mass is 79.9. The van der Waals surface area contributed by atoms with E-state index in [0.717, 1.165) is 22.0 Å². The number of carbonyl (C=O) groups is 3. The highest BCUT2D eigenvalue weighted by Crippen LogP contribution is 2.55. The van der Waals surface area contributed by atoms with Crippen LogP contribution in [0.3, 0.4) is 0 Å². The Morgan fingerprint density at radius 3 is 2.51 bits per heavy atom. The third-order valence-corrected chi connectivity index (χ3v) is 8.33. The molecule has 2 bridgehead atoms. The predicted octanol–water partition coefficient (Wildman–Crippen LogP) is 5.63. The number of aryl methyl sites for hydroxylation is 1. The van der Waals surface area contributed by atoms with E-state index < -0.39 is 5.97 Å². The number of rotatable bonds is 4. The van der Waals surface area contributed by atoms with Crippen LogP contribution in [0, 0.1) is 23.7 Å². The number of fused-ring (bicyclic) bond motifs is 6. The second kappa shape index (κ2) is 7.85. The van der Waals surface area contributed by atoms with Crippen LogP contribution >= 0.6 is 15.9 Å². The van der Waals surface area contributed by atoms with Crippen molar-refractivity contribution >= 4 is 50.3 Å². The Morgan fingerprint density at radius 1 is 1.11 bits per heavy atom. The summed E-state index contributed by atoms with van der Waals surface area (Å²) in [6.07, 6.45) is 3.78. The molecule has 3 aliphatic rings. The number of hydrogen-bond donors (Lipinski definition) is 1. The maximum absolute atomic E-state index is 13.2. The van der Waals surface area contributed by atoms with Crippen molar-refractivity contribution in [3.8, 4) is 11.3 Å². The van der Waals surface area contributed by atoms with Crippen LogP contribution in [-0.4, -0.2) is 27.9 Å². The number of hydrogen-bond acceptors (Lipinski definition) is 4. The molecule has 4 unspecified atom stereocenters. The first-order valence-corrected chi connectivity index (χ1v) is 12.6. The number of carbonyl (C=O) groups excluding carboxylic acids is 2. The van der Waals surface area contributed by atoms with Gasteiger partial charge in [0.15, 0.2) is 0 Å². The fraction of sp³-hybridized carbons (Fsp3) is 0.286. The third-order valence-electron chi connectivity index (χ3n) is 7.87. The lowest BCUT2D eigenvalue weighted by molar-refractivity contribution is -0.123. The Hall–Kier alpha value is -3.32. The highest BCUT2D eigenvalue weighted by molar-refractivity contribution is 9.10. The number of carboxylic acids is 1. The lowest BCUT2D eigenvalue weighted by atomic mass is 9.82. The highest BCUT2D eigenvalue weighted by Gasteiger charge is 2.60. The summed E-state index contributed by atoms with van der Waals surface area (Å²) in [6, 6.07) is 12.4. The molecule has 4 atom stereocenters. The van der Waals surface area contributed by atoms with Crippen molar-refractivity contribution < 1.29 is 19.5 Å². The molecule has 2 amide bonds. The Balaban J connectivity index is 1.38. The monoisotopic (exact) mass is 530 g/mol. The second-order valence-corrected chi connectivity index (χ2v) is 10.6. The van der Waals surface area contributed by atoms with E-state index in [9.17, 15) is 19.5 Å². The normalized spacial score (nSPS) is 24.9. The molecule has 2 aromatic carbocycles. The van der Waals surface area contributed by atoms with Gasteiger partial charge in [0.05, 0.1) is 34.3 Å². The summed E-state index contributed by atoms with van der Waals surface area (Å²) < 4.78 is 0.812. The van der Waals surface area contributed by atoms with Gasteiger partial charge in [-0.15, -0.1) is 0 Å². The van der Waals surface area contributed by atoms with Crippen molar-refractivity contribution in [1.82, 2.24) is 4.98 Å². The van der Waals surface area contributed by atoms with Crippen LogP contribution in [0.5, 0.6) is 0 Å². The molecule has 6 rings (SSSR count). The maximum atomic E-state index is 13.2. The first-order chi connectivity index (χ1) is 16.8.